The van der Waals surface area contributed by atoms with E-state index >= 15 is 0 Å². The molecule has 0 saturated carbocycles. The predicted octanol–water partition coefficient (Wildman–Crippen LogP) is 3.93. The number of hydrogen-bond donors (Lipinski definition) is 2. The quantitative estimate of drug-likeness (QED) is 0.705. The van der Waals surface area contributed by atoms with E-state index in [1.807, 2.05) is 0 Å². The molecule has 28 heavy (non-hydrogen) atoms. The third kappa shape index (κ3) is 7.18. The lowest BCUT2D eigenvalue weighted by Crippen LogP contribution is -2.17. The minimum atomic E-state index is -4.74. The van der Waals surface area contributed by atoms with Gasteiger partial charge in [-0.1, -0.05) is 12.1 Å². The molecule has 0 aliphatic rings. The molecule has 0 saturated heterocycles. The van der Waals surface area contributed by atoms with Crippen molar-refractivity contribution in [2.45, 2.75) is 26.1 Å². The fraction of sp³-hybridized carbons (Fsp3) is 0.263. The number of carboxylic acids is 1. The highest BCUT2D eigenvalue weighted by Crippen LogP contribution is 2.24. The number of halogens is 3. The summed E-state index contributed by atoms with van der Waals surface area (Å²) in [6.07, 6.45) is -4.26. The number of aryl methyl sites for hydroxylation is 2. The Hall–Kier alpha value is -3.23. The molecule has 0 aromatic heterocycles. The van der Waals surface area contributed by atoms with Crippen molar-refractivity contribution in [3.63, 3.8) is 0 Å². The van der Waals surface area contributed by atoms with E-state index in [-0.39, 0.29) is 18.1 Å². The molecule has 0 atom stereocenters. The number of hydrogen-bond acceptors (Lipinski definition) is 4. The second-order valence-electron chi connectivity index (χ2n) is 5.90. The molecule has 9 heteroatoms. The van der Waals surface area contributed by atoms with Crippen molar-refractivity contribution < 1.29 is 37.3 Å². The smallest absolute Gasteiger partial charge is 0.482 e. The Bertz CT molecular complexity index is 834. The van der Waals surface area contributed by atoms with Gasteiger partial charge >= 0.3 is 12.3 Å². The van der Waals surface area contributed by atoms with E-state index in [9.17, 15) is 22.8 Å². The summed E-state index contributed by atoms with van der Waals surface area (Å²) in [6.45, 7) is 1.28. The number of benzene rings is 2. The zero-order valence-corrected chi connectivity index (χ0v) is 14.9. The van der Waals surface area contributed by atoms with E-state index in [1.165, 1.54) is 24.3 Å². The largest absolute Gasteiger partial charge is 0.573 e. The van der Waals surface area contributed by atoms with Crippen molar-refractivity contribution in [2.75, 3.05) is 11.9 Å². The SMILES string of the molecule is Cc1cc(OCC(=O)O)ccc1NC(=O)CCc1ccc(OC(F)(F)F)cc1. The van der Waals surface area contributed by atoms with Gasteiger partial charge < -0.3 is 19.9 Å². The van der Waals surface area contributed by atoms with Gasteiger partial charge in [-0.05, 0) is 54.8 Å². The number of rotatable bonds is 8. The predicted molar refractivity (Wildman–Crippen MR) is 94.4 cm³/mol. The Balaban J connectivity index is 1.86. The molecule has 2 N–H and O–H groups in total. The zero-order valence-electron chi connectivity index (χ0n) is 14.9. The van der Waals surface area contributed by atoms with E-state index in [2.05, 4.69) is 10.1 Å². The molecule has 0 unspecified atom stereocenters. The van der Waals surface area contributed by atoms with Crippen molar-refractivity contribution in [1.82, 2.24) is 0 Å². The number of carboxylic acid groups (broad SMARTS) is 1. The van der Waals surface area contributed by atoms with Crippen LogP contribution in [0.5, 0.6) is 11.5 Å². The monoisotopic (exact) mass is 397 g/mol. The summed E-state index contributed by atoms with van der Waals surface area (Å²) < 4.78 is 45.2. The number of amides is 1. The Labute approximate surface area is 158 Å². The summed E-state index contributed by atoms with van der Waals surface area (Å²) in [5, 5.41) is 11.3. The Morgan fingerprint density at radius 1 is 1.07 bits per heavy atom. The van der Waals surface area contributed by atoms with Gasteiger partial charge in [0.1, 0.15) is 11.5 Å². The summed E-state index contributed by atoms with van der Waals surface area (Å²) in [5.41, 5.74) is 1.95. The van der Waals surface area contributed by atoms with Crippen LogP contribution in [0.25, 0.3) is 0 Å². The van der Waals surface area contributed by atoms with Gasteiger partial charge in [0.15, 0.2) is 6.61 Å². The van der Waals surface area contributed by atoms with Crippen LogP contribution in [-0.2, 0) is 16.0 Å². The van der Waals surface area contributed by atoms with Crippen LogP contribution in [0.3, 0.4) is 0 Å². The van der Waals surface area contributed by atoms with Crippen LogP contribution in [0.1, 0.15) is 17.5 Å². The first kappa shape index (κ1) is 21.1. The van der Waals surface area contributed by atoms with Gasteiger partial charge in [0.05, 0.1) is 0 Å². The lowest BCUT2D eigenvalue weighted by Gasteiger charge is -2.11. The van der Waals surface area contributed by atoms with E-state index in [4.69, 9.17) is 9.84 Å². The molecule has 6 nitrogen and oxygen atoms in total. The molecule has 2 rings (SSSR count). The van der Waals surface area contributed by atoms with Gasteiger partial charge in [-0.3, -0.25) is 4.79 Å². The van der Waals surface area contributed by atoms with Crippen LogP contribution in [0.15, 0.2) is 42.5 Å². The maximum absolute atomic E-state index is 12.1. The van der Waals surface area contributed by atoms with Crippen LogP contribution >= 0.6 is 0 Å². The van der Waals surface area contributed by atoms with Gasteiger partial charge in [-0.15, -0.1) is 13.2 Å². The van der Waals surface area contributed by atoms with Crippen LogP contribution in [0.2, 0.25) is 0 Å². The molecule has 150 valence electrons. The molecule has 0 bridgehead atoms. The highest BCUT2D eigenvalue weighted by molar-refractivity contribution is 5.91. The zero-order chi connectivity index (χ0) is 20.7. The maximum Gasteiger partial charge on any atom is 0.573 e. The molecule has 0 radical (unpaired) electrons. The Morgan fingerprint density at radius 3 is 2.29 bits per heavy atom. The summed E-state index contributed by atoms with van der Waals surface area (Å²) in [6, 6.07) is 10.1. The topological polar surface area (TPSA) is 84.9 Å². The molecule has 2 aromatic rings. The van der Waals surface area contributed by atoms with E-state index in [0.717, 1.165) is 0 Å². The van der Waals surface area contributed by atoms with Gasteiger partial charge in [0.25, 0.3) is 0 Å². The minimum Gasteiger partial charge on any atom is -0.482 e. The molecular weight excluding hydrogens is 379 g/mol. The summed E-state index contributed by atoms with van der Waals surface area (Å²) in [4.78, 5) is 22.6. The lowest BCUT2D eigenvalue weighted by atomic mass is 10.1. The summed E-state index contributed by atoms with van der Waals surface area (Å²) in [7, 11) is 0. The highest BCUT2D eigenvalue weighted by Gasteiger charge is 2.30. The number of anilines is 1. The van der Waals surface area contributed by atoms with E-state index < -0.39 is 18.9 Å². The average Bonchev–Trinajstić information content (AvgIpc) is 2.60. The lowest BCUT2D eigenvalue weighted by molar-refractivity contribution is -0.274. The van der Waals surface area contributed by atoms with Crippen LogP contribution in [0, 0.1) is 6.92 Å². The third-order valence-electron chi connectivity index (χ3n) is 3.63. The second-order valence-corrected chi connectivity index (χ2v) is 5.90. The van der Waals surface area contributed by atoms with Crippen molar-refractivity contribution >= 4 is 17.6 Å². The average molecular weight is 397 g/mol. The van der Waals surface area contributed by atoms with Crippen molar-refractivity contribution in [2.24, 2.45) is 0 Å². The van der Waals surface area contributed by atoms with Gasteiger partial charge in [-0.2, -0.15) is 0 Å². The molecule has 1 amide bonds. The minimum absolute atomic E-state index is 0.135. The van der Waals surface area contributed by atoms with Crippen LogP contribution in [0.4, 0.5) is 18.9 Å². The number of aliphatic carboxylic acids is 1. The van der Waals surface area contributed by atoms with E-state index in [0.29, 0.717) is 29.0 Å². The first-order valence-electron chi connectivity index (χ1n) is 8.22. The number of ether oxygens (including phenoxy) is 2. The summed E-state index contributed by atoms with van der Waals surface area (Å²) >= 11 is 0. The normalized spacial score (nSPS) is 11.0. The Morgan fingerprint density at radius 2 is 1.71 bits per heavy atom. The highest BCUT2D eigenvalue weighted by atomic mass is 19.4. The van der Waals surface area contributed by atoms with E-state index in [1.54, 1.807) is 25.1 Å². The van der Waals surface area contributed by atoms with Crippen LogP contribution < -0.4 is 14.8 Å². The molecule has 0 spiro atoms. The standard InChI is InChI=1S/C19H18F3NO5/c1-12-10-15(27-11-18(25)26)7-8-16(12)23-17(24)9-4-13-2-5-14(6-3-13)28-19(20,21)22/h2-3,5-8,10H,4,9,11H2,1H3,(H,23,24)(H,25,26). The molecule has 0 heterocycles. The molecule has 0 aliphatic carbocycles. The number of nitrogens with one attached hydrogen (secondary N) is 1. The molecular formula is C19H18F3NO5. The molecule has 0 fully saturated rings. The van der Waals surface area contributed by atoms with Crippen LogP contribution in [-0.4, -0.2) is 30.0 Å². The third-order valence-corrected chi connectivity index (χ3v) is 3.63. The van der Waals surface area contributed by atoms with Gasteiger partial charge in [0, 0.05) is 12.1 Å². The number of alkyl halides is 3. The maximum atomic E-state index is 12.1. The first-order valence-corrected chi connectivity index (χ1v) is 8.22. The van der Waals surface area contributed by atoms with Gasteiger partial charge in [0.2, 0.25) is 5.91 Å². The second kappa shape index (κ2) is 9.12. The van der Waals surface area contributed by atoms with Gasteiger partial charge in [-0.25, -0.2) is 4.79 Å². The fourth-order valence-corrected chi connectivity index (χ4v) is 2.34. The van der Waals surface area contributed by atoms with Crippen molar-refractivity contribution in [3.8, 4) is 11.5 Å². The number of carbonyl (C=O) groups is 2. The Kier molecular flexibility index (Phi) is 6.86. The first-order chi connectivity index (χ1) is 13.1. The number of carbonyl (C=O) groups excluding carboxylic acids is 1. The molecule has 2 aromatic carbocycles. The summed E-state index contributed by atoms with van der Waals surface area (Å²) in [5.74, 6) is -1.30. The molecule has 0 aliphatic heterocycles. The van der Waals surface area contributed by atoms with Crippen molar-refractivity contribution in [1.29, 1.82) is 0 Å². The fourth-order valence-electron chi connectivity index (χ4n) is 2.34. The van der Waals surface area contributed by atoms with Crippen molar-refractivity contribution in [3.05, 3.63) is 53.6 Å².